The second kappa shape index (κ2) is 20.2. The number of anilines is 6. The Balaban J connectivity index is 0.968. The van der Waals surface area contributed by atoms with E-state index >= 15 is 0 Å². The van der Waals surface area contributed by atoms with Gasteiger partial charge < -0.3 is 28.1 Å². The van der Waals surface area contributed by atoms with Crippen molar-refractivity contribution in [1.29, 1.82) is 10.5 Å². The summed E-state index contributed by atoms with van der Waals surface area (Å²) < 4.78 is 9.15. The summed E-state index contributed by atoms with van der Waals surface area (Å²) in [5.74, 6) is 0. The molecule has 0 radical (unpaired) electrons. The molecule has 0 bridgehead atoms. The van der Waals surface area contributed by atoms with Gasteiger partial charge in [-0.15, -0.1) is 0 Å². The highest BCUT2D eigenvalue weighted by Crippen LogP contribution is 2.47. The molecule has 0 amide bonds. The van der Waals surface area contributed by atoms with Crippen LogP contribution >= 0.6 is 0 Å². The van der Waals surface area contributed by atoms with Crippen molar-refractivity contribution < 1.29 is 0 Å². The summed E-state index contributed by atoms with van der Waals surface area (Å²) in [4.78, 5) is 4.54. The van der Waals surface area contributed by atoms with Crippen LogP contribution in [0.4, 0.5) is 34.1 Å². The topological polar surface area (TPSA) is 73.8 Å². The van der Waals surface area contributed by atoms with E-state index in [2.05, 4.69) is 307 Å². The van der Waals surface area contributed by atoms with Crippen LogP contribution in [0.25, 0.3) is 110 Å². The van der Waals surface area contributed by atoms with Gasteiger partial charge in [-0.05, 0) is 146 Å². The largest absolute Gasteiger partial charge is 0.310 e. The maximum atomic E-state index is 11.9. The number of nitrogens with zero attached hydrogens (tertiary/aromatic N) is 8. The predicted molar refractivity (Wildman–Crippen MR) is 363 cm³/mol. The minimum atomic E-state index is 0.413. The van der Waals surface area contributed by atoms with Gasteiger partial charge in [-0.2, -0.15) is 10.5 Å². The molecule has 4 heterocycles. The maximum Gasteiger partial charge on any atom is 0.101 e. The minimum absolute atomic E-state index is 0.413. The molecule has 0 N–H and O–H groups in total. The predicted octanol–water partition coefficient (Wildman–Crippen LogP) is 20.8. The normalized spacial score (nSPS) is 11.6. The molecule has 0 aliphatic rings. The van der Waals surface area contributed by atoms with Crippen LogP contribution in [-0.4, -0.2) is 18.3 Å². The van der Waals surface area contributed by atoms with E-state index in [-0.39, 0.29) is 0 Å². The van der Waals surface area contributed by atoms with Gasteiger partial charge in [-0.25, -0.2) is 0 Å². The molecular formula is C80H50N8. The van der Waals surface area contributed by atoms with E-state index in [1.807, 2.05) is 36.4 Å². The van der Waals surface area contributed by atoms with Gasteiger partial charge in [0.1, 0.15) is 12.1 Å². The summed E-state index contributed by atoms with van der Waals surface area (Å²) >= 11 is 0. The highest BCUT2D eigenvalue weighted by molar-refractivity contribution is 6.21. The molecule has 4 aromatic heterocycles. The fourth-order valence-electron chi connectivity index (χ4n) is 13.8. The van der Waals surface area contributed by atoms with Gasteiger partial charge in [-0.1, -0.05) is 158 Å². The molecule has 0 unspecified atom stereocenters. The minimum Gasteiger partial charge on any atom is -0.310 e. The Hall–Kier alpha value is -12.4. The highest BCUT2D eigenvalue weighted by atomic mass is 15.2. The van der Waals surface area contributed by atoms with Crippen LogP contribution in [0.2, 0.25) is 0 Å². The van der Waals surface area contributed by atoms with Crippen LogP contribution < -0.4 is 9.80 Å². The Kier molecular flexibility index (Phi) is 11.5. The smallest absolute Gasteiger partial charge is 0.101 e. The zero-order valence-corrected chi connectivity index (χ0v) is 47.4. The number of benzene rings is 13. The molecule has 0 saturated carbocycles. The number of hydrogen-bond donors (Lipinski definition) is 0. The molecule has 88 heavy (non-hydrogen) atoms. The van der Waals surface area contributed by atoms with Gasteiger partial charge in [0.15, 0.2) is 0 Å². The number of rotatable bonds is 10. The molecule has 0 fully saturated rings. The number of aromatic nitrogens is 4. The number of hydrogen-bond acceptors (Lipinski definition) is 4. The van der Waals surface area contributed by atoms with Crippen molar-refractivity contribution in [3.63, 3.8) is 0 Å². The van der Waals surface area contributed by atoms with Crippen molar-refractivity contribution in [3.8, 4) is 34.9 Å². The SMILES string of the molecule is N#Cc1cc(-n2c3cc(N(c4ccccc4)c4ccccc4)ccc3c3cc4c(cc32)c2ccccc2n4-c2ccccc2)c(C#N)cc1-n1c2cc(N(c3ccccc3)c3ccccc3)ccc2c2cc3c(cc21)c1ccccc1n3-c1ccccc1. The van der Waals surface area contributed by atoms with Crippen LogP contribution in [0, 0.1) is 22.7 Å². The molecule has 8 nitrogen and oxygen atoms in total. The van der Waals surface area contributed by atoms with Crippen molar-refractivity contribution in [2.75, 3.05) is 9.80 Å². The summed E-state index contributed by atoms with van der Waals surface area (Å²) in [6, 6.07) is 112. The lowest BCUT2D eigenvalue weighted by Gasteiger charge is -2.26. The fraction of sp³-hybridized carbons (Fsp3) is 0. The Bertz CT molecular complexity index is 5260. The van der Waals surface area contributed by atoms with Gasteiger partial charge >= 0.3 is 0 Å². The van der Waals surface area contributed by atoms with Crippen LogP contribution in [0.1, 0.15) is 11.1 Å². The van der Waals surface area contributed by atoms with Gasteiger partial charge in [-0.3, -0.25) is 0 Å². The first-order chi connectivity index (χ1) is 43.6. The zero-order chi connectivity index (χ0) is 58.4. The van der Waals surface area contributed by atoms with Crippen LogP contribution in [0.3, 0.4) is 0 Å². The van der Waals surface area contributed by atoms with Crippen molar-refractivity contribution in [2.24, 2.45) is 0 Å². The summed E-state index contributed by atoms with van der Waals surface area (Å²) in [5.41, 5.74) is 18.0. The van der Waals surface area contributed by atoms with Gasteiger partial charge in [0, 0.05) is 88.6 Å². The van der Waals surface area contributed by atoms with E-state index in [1.165, 1.54) is 0 Å². The third kappa shape index (κ3) is 7.77. The van der Waals surface area contributed by atoms with Gasteiger partial charge in [0.25, 0.3) is 0 Å². The summed E-state index contributed by atoms with van der Waals surface area (Å²) in [5, 5.41) is 32.2. The van der Waals surface area contributed by atoms with E-state index in [0.29, 0.717) is 22.5 Å². The molecule has 17 aromatic rings. The Morgan fingerprint density at radius 3 is 0.818 bits per heavy atom. The van der Waals surface area contributed by atoms with E-state index in [1.54, 1.807) is 0 Å². The molecule has 0 saturated heterocycles. The monoisotopic (exact) mass is 1120 g/mol. The van der Waals surface area contributed by atoms with Crippen molar-refractivity contribution in [2.45, 2.75) is 0 Å². The Morgan fingerprint density at radius 2 is 0.489 bits per heavy atom. The third-order valence-electron chi connectivity index (χ3n) is 17.5. The molecule has 0 aliphatic carbocycles. The van der Waals surface area contributed by atoms with Crippen molar-refractivity contribution in [1.82, 2.24) is 18.3 Å². The fourth-order valence-corrected chi connectivity index (χ4v) is 13.8. The number of fused-ring (bicyclic) bond motifs is 12. The number of nitriles is 2. The average Bonchev–Trinajstić information content (AvgIpc) is 1.64. The van der Waals surface area contributed by atoms with Crippen molar-refractivity contribution in [3.05, 3.63) is 314 Å². The van der Waals surface area contributed by atoms with Gasteiger partial charge in [0.05, 0.1) is 66.6 Å². The third-order valence-corrected chi connectivity index (χ3v) is 17.5. The summed E-state index contributed by atoms with van der Waals surface area (Å²) in [6.07, 6.45) is 0. The molecule has 410 valence electrons. The second-order valence-electron chi connectivity index (χ2n) is 22.3. The Labute approximate surface area is 506 Å². The molecule has 0 spiro atoms. The van der Waals surface area contributed by atoms with Crippen molar-refractivity contribution >= 4 is 121 Å². The summed E-state index contributed by atoms with van der Waals surface area (Å²) in [7, 11) is 0. The van der Waals surface area contributed by atoms with E-state index < -0.39 is 0 Å². The molecule has 8 heteroatoms. The lowest BCUT2D eigenvalue weighted by atomic mass is 10.1. The molecular weight excluding hydrogens is 1070 g/mol. The molecule has 13 aromatic carbocycles. The molecule has 17 rings (SSSR count). The molecule has 0 aliphatic heterocycles. The van der Waals surface area contributed by atoms with Crippen LogP contribution in [0.5, 0.6) is 0 Å². The highest BCUT2D eigenvalue weighted by Gasteiger charge is 2.27. The Morgan fingerprint density at radius 1 is 0.216 bits per heavy atom. The van der Waals surface area contributed by atoms with E-state index in [9.17, 15) is 10.5 Å². The lowest BCUT2D eigenvalue weighted by molar-refractivity contribution is 1.12. The van der Waals surface area contributed by atoms with Gasteiger partial charge in [0.2, 0.25) is 0 Å². The first-order valence-corrected chi connectivity index (χ1v) is 29.5. The maximum absolute atomic E-state index is 11.9. The summed E-state index contributed by atoms with van der Waals surface area (Å²) in [6.45, 7) is 0. The van der Waals surface area contributed by atoms with Crippen LogP contribution in [-0.2, 0) is 0 Å². The number of para-hydroxylation sites is 8. The quantitative estimate of drug-likeness (QED) is 0.137. The lowest BCUT2D eigenvalue weighted by Crippen LogP contribution is -2.10. The van der Waals surface area contributed by atoms with Crippen LogP contribution in [0.15, 0.2) is 303 Å². The first-order valence-electron chi connectivity index (χ1n) is 29.5. The second-order valence-corrected chi connectivity index (χ2v) is 22.3. The van der Waals surface area contributed by atoms with E-state index in [4.69, 9.17) is 0 Å². The van der Waals surface area contributed by atoms with E-state index in [0.717, 1.165) is 133 Å². The molecule has 0 atom stereocenters. The zero-order valence-electron chi connectivity index (χ0n) is 47.4. The first kappa shape index (κ1) is 50.2. The standard InChI is InChI=1S/C80H50N8/c81-51-53-44-74(88-76-46-62(84(57-27-11-3-12-28-57)58-29-13-4-14-30-58)40-42-66(76)70-48-78-68(50-80(70)88)64-36-20-22-38-72(64)86(78)60-33-17-6-18-34-60)54(52-82)43-73(53)87-75-45-61(83(55-23-7-1-8-24-55)56-25-9-2-10-26-56)39-41-65(75)69-47-77-67(49-79(69)87)63-35-19-21-37-71(63)85(77)59-31-15-5-16-32-59/h1-50H. The average molecular weight is 1120 g/mol.